The fourth-order valence-electron chi connectivity index (χ4n) is 2.21. The van der Waals surface area contributed by atoms with Crippen LogP contribution in [-0.4, -0.2) is 48.5 Å². The molecular formula is C11H21NO2. The molecular weight excluding hydrogens is 178 g/mol. The van der Waals surface area contributed by atoms with E-state index in [2.05, 4.69) is 18.7 Å². The first kappa shape index (κ1) is 10.4. The van der Waals surface area contributed by atoms with E-state index in [1.54, 1.807) is 0 Å². The molecule has 2 aliphatic rings. The second kappa shape index (κ2) is 3.80. The van der Waals surface area contributed by atoms with E-state index in [1.165, 1.54) is 0 Å². The maximum Gasteiger partial charge on any atom is 0.0822 e. The number of aliphatic hydroxyl groups is 1. The van der Waals surface area contributed by atoms with Crippen LogP contribution in [0.5, 0.6) is 0 Å². The highest BCUT2D eigenvalue weighted by molar-refractivity contribution is 4.87. The van der Waals surface area contributed by atoms with Gasteiger partial charge in [0.15, 0.2) is 0 Å². The van der Waals surface area contributed by atoms with Crippen molar-refractivity contribution in [3.05, 3.63) is 0 Å². The third-order valence-corrected chi connectivity index (χ3v) is 3.42. The number of hydrogen-bond donors (Lipinski definition) is 1. The number of rotatable bonds is 3. The summed E-state index contributed by atoms with van der Waals surface area (Å²) in [7, 11) is 0. The first-order valence-electron chi connectivity index (χ1n) is 5.60. The molecule has 0 aliphatic carbocycles. The Morgan fingerprint density at radius 1 is 1.50 bits per heavy atom. The molecule has 14 heavy (non-hydrogen) atoms. The molecule has 0 saturated carbocycles. The van der Waals surface area contributed by atoms with Crippen molar-refractivity contribution in [3.8, 4) is 0 Å². The van der Waals surface area contributed by atoms with E-state index < -0.39 is 0 Å². The second-order valence-corrected chi connectivity index (χ2v) is 5.31. The van der Waals surface area contributed by atoms with Crippen LogP contribution in [0.15, 0.2) is 0 Å². The molecule has 0 radical (unpaired) electrons. The zero-order chi connectivity index (χ0) is 10.2. The highest BCUT2D eigenvalue weighted by Crippen LogP contribution is 2.29. The molecule has 2 atom stereocenters. The van der Waals surface area contributed by atoms with Gasteiger partial charge in [-0.15, -0.1) is 0 Å². The van der Waals surface area contributed by atoms with Gasteiger partial charge in [0, 0.05) is 25.0 Å². The lowest BCUT2D eigenvalue weighted by Gasteiger charge is -2.41. The summed E-state index contributed by atoms with van der Waals surface area (Å²) in [5, 5.41) is 9.79. The van der Waals surface area contributed by atoms with Crippen LogP contribution in [0.2, 0.25) is 0 Å². The number of hydrogen-bond acceptors (Lipinski definition) is 3. The first-order chi connectivity index (χ1) is 6.58. The van der Waals surface area contributed by atoms with Crippen LogP contribution >= 0.6 is 0 Å². The Kier molecular flexibility index (Phi) is 2.82. The maximum absolute atomic E-state index is 9.79. The third kappa shape index (κ3) is 2.47. The SMILES string of the molecule is CC1(C)CN(CCC2CO2)CCC1O. The van der Waals surface area contributed by atoms with Gasteiger partial charge in [-0.2, -0.15) is 0 Å². The number of piperidine rings is 1. The summed E-state index contributed by atoms with van der Waals surface area (Å²) >= 11 is 0. The zero-order valence-electron chi connectivity index (χ0n) is 9.20. The summed E-state index contributed by atoms with van der Waals surface area (Å²) in [6.07, 6.45) is 2.48. The Balaban J connectivity index is 1.77. The van der Waals surface area contributed by atoms with Crippen LogP contribution < -0.4 is 0 Å². The Morgan fingerprint density at radius 3 is 2.79 bits per heavy atom. The Morgan fingerprint density at radius 2 is 2.21 bits per heavy atom. The molecule has 0 amide bonds. The van der Waals surface area contributed by atoms with E-state index in [0.717, 1.165) is 39.1 Å². The highest BCUT2D eigenvalue weighted by atomic mass is 16.6. The summed E-state index contributed by atoms with van der Waals surface area (Å²) in [5.41, 5.74) is 0.0582. The fraction of sp³-hybridized carbons (Fsp3) is 1.00. The molecule has 1 N–H and O–H groups in total. The molecule has 0 bridgehead atoms. The molecule has 2 heterocycles. The number of epoxide rings is 1. The average molecular weight is 199 g/mol. The van der Waals surface area contributed by atoms with Gasteiger partial charge in [-0.05, 0) is 12.8 Å². The van der Waals surface area contributed by atoms with Gasteiger partial charge in [0.25, 0.3) is 0 Å². The van der Waals surface area contributed by atoms with Gasteiger partial charge in [-0.3, -0.25) is 0 Å². The molecule has 0 aromatic heterocycles. The second-order valence-electron chi connectivity index (χ2n) is 5.31. The maximum atomic E-state index is 9.79. The quantitative estimate of drug-likeness (QED) is 0.685. The molecule has 82 valence electrons. The van der Waals surface area contributed by atoms with Gasteiger partial charge in [-0.1, -0.05) is 13.8 Å². The summed E-state index contributed by atoms with van der Waals surface area (Å²) in [4.78, 5) is 2.45. The summed E-state index contributed by atoms with van der Waals surface area (Å²) in [5.74, 6) is 0. The molecule has 0 aromatic rings. The van der Waals surface area contributed by atoms with Gasteiger partial charge in [0.1, 0.15) is 0 Å². The van der Waals surface area contributed by atoms with Crippen molar-refractivity contribution in [2.75, 3.05) is 26.2 Å². The smallest absolute Gasteiger partial charge is 0.0822 e. The van der Waals surface area contributed by atoms with E-state index in [9.17, 15) is 5.11 Å². The molecule has 2 saturated heterocycles. The summed E-state index contributed by atoms with van der Waals surface area (Å²) in [6, 6.07) is 0. The molecule has 0 spiro atoms. The van der Waals surface area contributed by atoms with Crippen molar-refractivity contribution in [3.63, 3.8) is 0 Å². The summed E-state index contributed by atoms with van der Waals surface area (Å²) < 4.78 is 5.20. The Bertz CT molecular complexity index is 201. The molecule has 0 aromatic carbocycles. The van der Waals surface area contributed by atoms with Crippen molar-refractivity contribution in [1.82, 2.24) is 4.90 Å². The predicted octanol–water partition coefficient (Wildman–Crippen LogP) is 0.868. The van der Waals surface area contributed by atoms with Gasteiger partial charge in [-0.25, -0.2) is 0 Å². The normalized spacial score (nSPS) is 37.1. The van der Waals surface area contributed by atoms with Crippen LogP contribution in [0.4, 0.5) is 0 Å². The number of ether oxygens (including phenoxy) is 1. The minimum absolute atomic E-state index is 0.0582. The Labute approximate surface area is 86.0 Å². The van der Waals surface area contributed by atoms with E-state index in [0.29, 0.717) is 6.10 Å². The minimum atomic E-state index is -0.129. The van der Waals surface area contributed by atoms with Crippen LogP contribution in [0.1, 0.15) is 26.7 Å². The monoisotopic (exact) mass is 199 g/mol. The van der Waals surface area contributed by atoms with Crippen molar-refractivity contribution < 1.29 is 9.84 Å². The number of likely N-dealkylation sites (tertiary alicyclic amines) is 1. The van der Waals surface area contributed by atoms with Gasteiger partial charge < -0.3 is 14.7 Å². The number of aliphatic hydroxyl groups excluding tert-OH is 1. The van der Waals surface area contributed by atoms with Gasteiger partial charge in [0.05, 0.1) is 18.8 Å². The number of nitrogens with zero attached hydrogens (tertiary/aromatic N) is 1. The lowest BCUT2D eigenvalue weighted by molar-refractivity contribution is -0.0249. The fourth-order valence-corrected chi connectivity index (χ4v) is 2.21. The Hall–Kier alpha value is -0.120. The molecule has 2 aliphatic heterocycles. The molecule has 3 heteroatoms. The average Bonchev–Trinajstić information content (AvgIpc) is 2.90. The van der Waals surface area contributed by atoms with Crippen LogP contribution in [-0.2, 0) is 4.74 Å². The molecule has 2 unspecified atom stereocenters. The van der Waals surface area contributed by atoms with Crippen LogP contribution in [0.25, 0.3) is 0 Å². The minimum Gasteiger partial charge on any atom is -0.392 e. The van der Waals surface area contributed by atoms with E-state index in [4.69, 9.17) is 4.74 Å². The van der Waals surface area contributed by atoms with E-state index >= 15 is 0 Å². The van der Waals surface area contributed by atoms with Crippen molar-refractivity contribution in [2.45, 2.75) is 38.9 Å². The standard InChI is InChI=1S/C11H21NO2/c1-11(2)8-12(6-4-10(11)13)5-3-9-7-14-9/h9-10,13H,3-8H2,1-2H3. The van der Waals surface area contributed by atoms with Crippen LogP contribution in [0, 0.1) is 5.41 Å². The third-order valence-electron chi connectivity index (χ3n) is 3.42. The van der Waals surface area contributed by atoms with Crippen molar-refractivity contribution in [1.29, 1.82) is 0 Å². The lowest BCUT2D eigenvalue weighted by Crippen LogP contribution is -2.48. The van der Waals surface area contributed by atoms with E-state index in [-0.39, 0.29) is 11.5 Å². The van der Waals surface area contributed by atoms with Crippen molar-refractivity contribution >= 4 is 0 Å². The lowest BCUT2D eigenvalue weighted by atomic mass is 9.81. The van der Waals surface area contributed by atoms with Crippen LogP contribution in [0.3, 0.4) is 0 Å². The highest BCUT2D eigenvalue weighted by Gasteiger charge is 2.35. The first-order valence-corrected chi connectivity index (χ1v) is 5.60. The van der Waals surface area contributed by atoms with Gasteiger partial charge >= 0.3 is 0 Å². The zero-order valence-corrected chi connectivity index (χ0v) is 9.20. The van der Waals surface area contributed by atoms with E-state index in [1.807, 2.05) is 0 Å². The van der Waals surface area contributed by atoms with Crippen molar-refractivity contribution in [2.24, 2.45) is 5.41 Å². The topological polar surface area (TPSA) is 36.0 Å². The molecule has 2 rings (SSSR count). The molecule has 3 nitrogen and oxygen atoms in total. The molecule has 2 fully saturated rings. The van der Waals surface area contributed by atoms with Gasteiger partial charge in [0.2, 0.25) is 0 Å². The predicted molar refractivity (Wildman–Crippen MR) is 55.2 cm³/mol. The summed E-state index contributed by atoms with van der Waals surface area (Å²) in [6.45, 7) is 8.44. The largest absolute Gasteiger partial charge is 0.392 e.